The molecule has 1 nitrogen and oxygen atoms in total. The summed E-state index contributed by atoms with van der Waals surface area (Å²) < 4.78 is 1.11. The standard InChI is InChI=1S/C5H6AsNS/c1-3-5(6)7-4(2)8-3/h1-2H3. The molecular weight excluding hydrogens is 181 g/mol. The van der Waals surface area contributed by atoms with E-state index in [-0.39, 0.29) is 0 Å². The molecule has 2 radical (unpaired) electrons. The van der Waals surface area contributed by atoms with Crippen LogP contribution in [0.5, 0.6) is 0 Å². The van der Waals surface area contributed by atoms with E-state index < -0.39 is 0 Å². The Labute approximate surface area is 61.6 Å². The molecule has 0 spiro atoms. The van der Waals surface area contributed by atoms with Crippen LogP contribution in [0, 0.1) is 13.8 Å². The Bertz CT molecular complexity index is 175. The van der Waals surface area contributed by atoms with Crippen LogP contribution in [0.15, 0.2) is 0 Å². The molecule has 1 rings (SSSR count). The molecule has 8 heavy (non-hydrogen) atoms. The van der Waals surface area contributed by atoms with Gasteiger partial charge in [0.1, 0.15) is 0 Å². The second kappa shape index (κ2) is 2.20. The Balaban J connectivity index is 3.14. The zero-order valence-corrected chi connectivity index (χ0v) is 7.50. The van der Waals surface area contributed by atoms with Crippen LogP contribution in [0.2, 0.25) is 0 Å². The van der Waals surface area contributed by atoms with Gasteiger partial charge in [0.2, 0.25) is 0 Å². The molecule has 0 atom stereocenters. The van der Waals surface area contributed by atoms with Crippen LogP contribution in [0.25, 0.3) is 0 Å². The van der Waals surface area contributed by atoms with E-state index in [1.807, 2.05) is 6.92 Å². The summed E-state index contributed by atoms with van der Waals surface area (Å²) >= 11 is 4.21. The predicted molar refractivity (Wildman–Crippen MR) is 37.0 cm³/mol. The van der Waals surface area contributed by atoms with Crippen molar-refractivity contribution in [1.82, 2.24) is 4.98 Å². The summed E-state index contributed by atoms with van der Waals surface area (Å²) in [6.45, 7) is 4.10. The second-order valence-electron chi connectivity index (χ2n) is 1.61. The monoisotopic (exact) mass is 187 g/mol. The number of thiazole rings is 1. The molecule has 0 unspecified atom stereocenters. The van der Waals surface area contributed by atoms with E-state index >= 15 is 0 Å². The van der Waals surface area contributed by atoms with E-state index in [1.165, 1.54) is 4.88 Å². The zero-order valence-electron chi connectivity index (χ0n) is 4.80. The number of hydrogen-bond acceptors (Lipinski definition) is 2. The van der Waals surface area contributed by atoms with Gasteiger partial charge >= 0.3 is 61.4 Å². The van der Waals surface area contributed by atoms with Gasteiger partial charge in [-0.1, -0.05) is 0 Å². The SMILES string of the molecule is Cc1nc([As])c(C)s1. The summed E-state index contributed by atoms with van der Waals surface area (Å²) in [5.74, 6) is 0. The Morgan fingerprint density at radius 3 is 2.25 bits per heavy atom. The van der Waals surface area contributed by atoms with Crippen LogP contribution < -0.4 is 4.48 Å². The molecule has 0 saturated heterocycles. The third-order valence-corrected chi connectivity index (χ3v) is 3.01. The van der Waals surface area contributed by atoms with Crippen molar-refractivity contribution in [2.24, 2.45) is 0 Å². The fourth-order valence-corrected chi connectivity index (χ4v) is 1.98. The molecule has 42 valence electrons. The molecule has 3 heteroatoms. The van der Waals surface area contributed by atoms with Crippen molar-refractivity contribution < 1.29 is 0 Å². The van der Waals surface area contributed by atoms with Gasteiger partial charge in [0.15, 0.2) is 0 Å². The van der Waals surface area contributed by atoms with E-state index in [4.69, 9.17) is 0 Å². The van der Waals surface area contributed by atoms with Crippen LogP contribution in [-0.2, 0) is 0 Å². The topological polar surface area (TPSA) is 12.9 Å². The van der Waals surface area contributed by atoms with E-state index in [0.717, 1.165) is 9.49 Å². The molecule has 0 fully saturated rings. The zero-order chi connectivity index (χ0) is 6.15. The Morgan fingerprint density at radius 1 is 1.50 bits per heavy atom. The van der Waals surface area contributed by atoms with Crippen molar-refractivity contribution in [2.45, 2.75) is 13.8 Å². The number of rotatable bonds is 0. The van der Waals surface area contributed by atoms with Crippen LogP contribution >= 0.6 is 11.3 Å². The maximum absolute atomic E-state index is 4.20. The quantitative estimate of drug-likeness (QED) is 0.540. The summed E-state index contributed by atoms with van der Waals surface area (Å²) in [6, 6.07) is 0. The maximum atomic E-state index is 4.20. The Morgan fingerprint density at radius 2 is 2.12 bits per heavy atom. The van der Waals surface area contributed by atoms with Crippen molar-refractivity contribution in [1.29, 1.82) is 0 Å². The molecule has 1 aromatic heterocycles. The van der Waals surface area contributed by atoms with Crippen molar-refractivity contribution in [3.8, 4) is 0 Å². The first-order valence-electron chi connectivity index (χ1n) is 2.33. The van der Waals surface area contributed by atoms with E-state index in [2.05, 4.69) is 28.8 Å². The van der Waals surface area contributed by atoms with Gasteiger partial charge in [-0.25, -0.2) is 0 Å². The Hall–Kier alpha value is 0.188. The molecule has 0 aliphatic rings. The second-order valence-corrected chi connectivity index (χ2v) is 3.91. The molecule has 1 heterocycles. The van der Waals surface area contributed by atoms with Crippen LogP contribution in [-0.4, -0.2) is 21.8 Å². The molecule has 0 aromatic carbocycles. The van der Waals surface area contributed by atoms with Crippen molar-refractivity contribution in [3.05, 3.63) is 9.88 Å². The van der Waals surface area contributed by atoms with Gasteiger partial charge in [0.05, 0.1) is 0 Å². The first-order valence-corrected chi connectivity index (χ1v) is 4.08. The van der Waals surface area contributed by atoms with Gasteiger partial charge in [0, 0.05) is 0 Å². The van der Waals surface area contributed by atoms with Gasteiger partial charge in [-0.3, -0.25) is 0 Å². The third-order valence-electron chi connectivity index (χ3n) is 0.879. The van der Waals surface area contributed by atoms with E-state index in [1.54, 1.807) is 11.3 Å². The van der Waals surface area contributed by atoms with Crippen molar-refractivity contribution in [3.63, 3.8) is 0 Å². The number of aryl methyl sites for hydroxylation is 2. The summed E-state index contributed by atoms with van der Waals surface area (Å²) in [7, 11) is 0. The first-order chi connectivity index (χ1) is 3.70. The predicted octanol–water partition coefficient (Wildman–Crippen LogP) is 0.554. The molecular formula is C5H6AsNS. The van der Waals surface area contributed by atoms with Gasteiger partial charge in [-0.05, 0) is 0 Å². The number of nitrogens with zero attached hydrogens (tertiary/aromatic N) is 1. The fourth-order valence-electron chi connectivity index (χ4n) is 0.518. The summed E-state index contributed by atoms with van der Waals surface area (Å²) in [6.07, 6.45) is 0. The Kier molecular flexibility index (Phi) is 1.73. The fraction of sp³-hybridized carbons (Fsp3) is 0.400. The molecule has 0 aliphatic heterocycles. The minimum absolute atomic E-state index is 1.11. The molecule has 0 aliphatic carbocycles. The average Bonchev–Trinajstić information content (AvgIpc) is 1.85. The van der Waals surface area contributed by atoms with Crippen LogP contribution in [0.4, 0.5) is 0 Å². The van der Waals surface area contributed by atoms with Gasteiger partial charge in [-0.2, -0.15) is 0 Å². The first kappa shape index (κ1) is 6.31. The normalized spacial score (nSPS) is 9.88. The van der Waals surface area contributed by atoms with Crippen LogP contribution in [0.3, 0.4) is 0 Å². The van der Waals surface area contributed by atoms with Crippen molar-refractivity contribution in [2.75, 3.05) is 0 Å². The summed E-state index contributed by atoms with van der Waals surface area (Å²) in [4.78, 5) is 5.51. The van der Waals surface area contributed by atoms with Gasteiger partial charge in [-0.15, -0.1) is 0 Å². The van der Waals surface area contributed by atoms with Crippen LogP contribution in [0.1, 0.15) is 9.88 Å². The molecule has 1 aromatic rings. The third kappa shape index (κ3) is 1.12. The van der Waals surface area contributed by atoms with Gasteiger partial charge in [0.25, 0.3) is 0 Å². The van der Waals surface area contributed by atoms with E-state index in [9.17, 15) is 0 Å². The van der Waals surface area contributed by atoms with E-state index in [0.29, 0.717) is 0 Å². The van der Waals surface area contributed by atoms with Crippen molar-refractivity contribution >= 4 is 32.7 Å². The molecule has 0 amide bonds. The average molecular weight is 187 g/mol. The summed E-state index contributed by atoms with van der Waals surface area (Å²) in [5.41, 5.74) is 0. The minimum atomic E-state index is 1.11. The molecule has 0 saturated carbocycles. The number of hydrogen-bond donors (Lipinski definition) is 0. The summed E-state index contributed by atoms with van der Waals surface area (Å²) in [5, 5.41) is 1.15. The molecule has 0 bridgehead atoms. The number of aromatic nitrogens is 1. The van der Waals surface area contributed by atoms with Gasteiger partial charge < -0.3 is 0 Å². The molecule has 0 N–H and O–H groups in total.